The van der Waals surface area contributed by atoms with Gasteiger partial charge in [0.1, 0.15) is 19.0 Å². The van der Waals surface area contributed by atoms with E-state index in [0.717, 1.165) is 0 Å². The maximum absolute atomic E-state index is 11.2. The Morgan fingerprint density at radius 1 is 1.80 bits per heavy atom. The standard InChI is InChI=1S/C9H13N3O3/c1-2-15-9(13)5-12-3-4-14-6-8(12)11-7-10/h2-6H2,1H3. The van der Waals surface area contributed by atoms with E-state index in [1.165, 1.54) is 0 Å². The lowest BCUT2D eigenvalue weighted by Crippen LogP contribution is -2.44. The van der Waals surface area contributed by atoms with Crippen molar-refractivity contribution in [2.45, 2.75) is 6.92 Å². The normalized spacial score (nSPS) is 18.7. The molecule has 0 aromatic heterocycles. The molecule has 0 unspecified atom stereocenters. The van der Waals surface area contributed by atoms with E-state index in [1.807, 2.05) is 0 Å². The summed E-state index contributed by atoms with van der Waals surface area (Å²) >= 11 is 0. The number of rotatable bonds is 3. The Labute approximate surface area is 88.1 Å². The smallest absolute Gasteiger partial charge is 0.325 e. The van der Waals surface area contributed by atoms with Crippen LogP contribution in [-0.2, 0) is 14.3 Å². The average molecular weight is 211 g/mol. The van der Waals surface area contributed by atoms with Crippen molar-refractivity contribution in [1.82, 2.24) is 4.90 Å². The van der Waals surface area contributed by atoms with Crippen molar-refractivity contribution in [3.8, 4) is 6.19 Å². The summed E-state index contributed by atoms with van der Waals surface area (Å²) in [7, 11) is 0. The van der Waals surface area contributed by atoms with Crippen LogP contribution in [0.3, 0.4) is 0 Å². The summed E-state index contributed by atoms with van der Waals surface area (Å²) in [6.07, 6.45) is 1.69. The minimum Gasteiger partial charge on any atom is -0.465 e. The molecule has 1 fully saturated rings. The molecule has 0 bridgehead atoms. The van der Waals surface area contributed by atoms with Gasteiger partial charge in [-0.3, -0.25) is 4.79 Å². The molecule has 1 heterocycles. The predicted molar refractivity (Wildman–Crippen MR) is 52.1 cm³/mol. The molecule has 0 saturated carbocycles. The van der Waals surface area contributed by atoms with E-state index < -0.39 is 0 Å². The summed E-state index contributed by atoms with van der Waals surface area (Å²) in [5.41, 5.74) is 0. The zero-order chi connectivity index (χ0) is 11.1. The van der Waals surface area contributed by atoms with Crippen LogP contribution in [0.15, 0.2) is 4.99 Å². The van der Waals surface area contributed by atoms with Crippen molar-refractivity contribution in [2.24, 2.45) is 4.99 Å². The van der Waals surface area contributed by atoms with E-state index in [2.05, 4.69) is 4.99 Å². The highest BCUT2D eigenvalue weighted by atomic mass is 16.5. The third kappa shape index (κ3) is 3.56. The van der Waals surface area contributed by atoms with Crippen LogP contribution in [0.4, 0.5) is 0 Å². The number of aliphatic imine (C=N–C) groups is 1. The molecule has 0 atom stereocenters. The third-order valence-electron chi connectivity index (χ3n) is 1.91. The monoisotopic (exact) mass is 211 g/mol. The molecular formula is C9H13N3O3. The van der Waals surface area contributed by atoms with Gasteiger partial charge in [-0.15, -0.1) is 0 Å². The van der Waals surface area contributed by atoms with E-state index >= 15 is 0 Å². The number of carbonyl (C=O) groups excluding carboxylic acids is 1. The van der Waals surface area contributed by atoms with Gasteiger partial charge in [-0.1, -0.05) is 0 Å². The van der Waals surface area contributed by atoms with Crippen molar-refractivity contribution in [3.05, 3.63) is 0 Å². The highest BCUT2D eigenvalue weighted by Crippen LogP contribution is 2.01. The van der Waals surface area contributed by atoms with Crippen LogP contribution in [0, 0.1) is 11.5 Å². The molecule has 1 rings (SSSR count). The molecule has 0 aromatic carbocycles. The summed E-state index contributed by atoms with van der Waals surface area (Å²) in [6, 6.07) is 0. The molecule has 15 heavy (non-hydrogen) atoms. The van der Waals surface area contributed by atoms with Gasteiger partial charge in [-0.05, 0) is 6.92 Å². The SMILES string of the molecule is CCOC(=O)CN1CCOCC1=NC#N. The van der Waals surface area contributed by atoms with Crippen molar-refractivity contribution < 1.29 is 14.3 Å². The fourth-order valence-corrected chi connectivity index (χ4v) is 1.25. The maximum Gasteiger partial charge on any atom is 0.325 e. The molecule has 6 heteroatoms. The van der Waals surface area contributed by atoms with Gasteiger partial charge in [0.15, 0.2) is 0 Å². The largest absolute Gasteiger partial charge is 0.465 e. The van der Waals surface area contributed by atoms with Crippen LogP contribution < -0.4 is 0 Å². The Kier molecular flexibility index (Phi) is 4.57. The quantitative estimate of drug-likeness (QED) is 0.475. The van der Waals surface area contributed by atoms with Crippen LogP contribution in [0.5, 0.6) is 0 Å². The van der Waals surface area contributed by atoms with E-state index in [9.17, 15) is 4.79 Å². The van der Waals surface area contributed by atoms with Gasteiger partial charge in [0.05, 0.1) is 13.2 Å². The molecule has 1 aliphatic rings. The highest BCUT2D eigenvalue weighted by Gasteiger charge is 2.19. The molecule has 0 amide bonds. The summed E-state index contributed by atoms with van der Waals surface area (Å²) in [4.78, 5) is 16.5. The zero-order valence-corrected chi connectivity index (χ0v) is 8.60. The van der Waals surface area contributed by atoms with E-state index in [-0.39, 0.29) is 19.1 Å². The van der Waals surface area contributed by atoms with Crippen molar-refractivity contribution in [1.29, 1.82) is 5.26 Å². The molecule has 0 aliphatic carbocycles. The minimum atomic E-state index is -0.315. The Bertz CT molecular complexity index is 295. The van der Waals surface area contributed by atoms with Gasteiger partial charge >= 0.3 is 5.97 Å². The Morgan fingerprint density at radius 2 is 2.60 bits per heavy atom. The fourth-order valence-electron chi connectivity index (χ4n) is 1.25. The maximum atomic E-state index is 11.2. The highest BCUT2D eigenvalue weighted by molar-refractivity contribution is 5.88. The molecule has 1 saturated heterocycles. The van der Waals surface area contributed by atoms with Crippen molar-refractivity contribution >= 4 is 11.8 Å². The molecule has 0 spiro atoms. The number of carbonyl (C=O) groups is 1. The Hall–Kier alpha value is -1.61. The summed E-state index contributed by atoms with van der Waals surface area (Å²) in [6.45, 7) is 3.59. The number of morpholine rings is 1. The lowest BCUT2D eigenvalue weighted by atomic mass is 10.4. The first-order valence-electron chi connectivity index (χ1n) is 4.72. The first-order chi connectivity index (χ1) is 7.27. The molecule has 82 valence electrons. The minimum absolute atomic E-state index is 0.123. The molecule has 0 N–H and O–H groups in total. The van der Waals surface area contributed by atoms with Gasteiger partial charge in [0.2, 0.25) is 6.19 Å². The second-order valence-electron chi connectivity index (χ2n) is 2.91. The number of esters is 1. The first-order valence-corrected chi connectivity index (χ1v) is 4.72. The van der Waals surface area contributed by atoms with Crippen LogP contribution in [0.25, 0.3) is 0 Å². The van der Waals surface area contributed by atoms with Crippen LogP contribution in [-0.4, -0.2) is 49.6 Å². The van der Waals surface area contributed by atoms with Crippen LogP contribution >= 0.6 is 0 Å². The lowest BCUT2D eigenvalue weighted by molar-refractivity contribution is -0.143. The third-order valence-corrected chi connectivity index (χ3v) is 1.91. The van der Waals surface area contributed by atoms with E-state index in [0.29, 0.717) is 25.6 Å². The summed E-state index contributed by atoms with van der Waals surface area (Å²) < 4.78 is 9.94. The van der Waals surface area contributed by atoms with Crippen LogP contribution in [0.2, 0.25) is 0 Å². The molecule has 0 aromatic rings. The van der Waals surface area contributed by atoms with Gasteiger partial charge in [0.25, 0.3) is 0 Å². The van der Waals surface area contributed by atoms with Gasteiger partial charge in [0, 0.05) is 6.54 Å². The fraction of sp³-hybridized carbons (Fsp3) is 0.667. The second-order valence-corrected chi connectivity index (χ2v) is 2.91. The second kappa shape index (κ2) is 5.98. The number of amidine groups is 1. The average Bonchev–Trinajstić information content (AvgIpc) is 2.21. The summed E-state index contributed by atoms with van der Waals surface area (Å²) in [5, 5.41) is 8.44. The number of ether oxygens (including phenoxy) is 2. The van der Waals surface area contributed by atoms with Gasteiger partial charge < -0.3 is 14.4 Å². The summed E-state index contributed by atoms with van der Waals surface area (Å²) in [5.74, 6) is 0.168. The van der Waals surface area contributed by atoms with Gasteiger partial charge in [-0.25, -0.2) is 0 Å². The first kappa shape index (κ1) is 11.5. The number of hydrogen-bond donors (Lipinski definition) is 0. The number of nitriles is 1. The Balaban J connectivity index is 2.54. The predicted octanol–water partition coefficient (Wildman–Crippen LogP) is -0.239. The number of hydrogen-bond acceptors (Lipinski definition) is 5. The molecule has 1 aliphatic heterocycles. The lowest BCUT2D eigenvalue weighted by Gasteiger charge is -2.28. The van der Waals surface area contributed by atoms with Crippen LogP contribution in [0.1, 0.15) is 6.92 Å². The topological polar surface area (TPSA) is 74.9 Å². The molecular weight excluding hydrogens is 198 g/mol. The Morgan fingerprint density at radius 3 is 3.27 bits per heavy atom. The van der Waals surface area contributed by atoms with Crippen molar-refractivity contribution in [2.75, 3.05) is 32.9 Å². The molecule has 0 radical (unpaired) electrons. The van der Waals surface area contributed by atoms with E-state index in [1.54, 1.807) is 18.0 Å². The molecule has 6 nitrogen and oxygen atoms in total. The number of nitrogens with zero attached hydrogens (tertiary/aromatic N) is 3. The zero-order valence-electron chi connectivity index (χ0n) is 8.60. The van der Waals surface area contributed by atoms with Crippen molar-refractivity contribution in [3.63, 3.8) is 0 Å². The van der Waals surface area contributed by atoms with E-state index in [4.69, 9.17) is 14.7 Å². The van der Waals surface area contributed by atoms with Gasteiger partial charge in [-0.2, -0.15) is 10.3 Å².